The van der Waals surface area contributed by atoms with Crippen molar-refractivity contribution >= 4 is 34.7 Å². The van der Waals surface area contributed by atoms with Crippen molar-refractivity contribution in [2.75, 3.05) is 5.32 Å². The maximum atomic E-state index is 12.5. The molecule has 1 aromatic carbocycles. The molecule has 2 heterocycles. The van der Waals surface area contributed by atoms with E-state index in [2.05, 4.69) is 32.6 Å². The minimum atomic E-state index is -0.278. The number of thiophene rings is 1. The lowest BCUT2D eigenvalue weighted by Crippen LogP contribution is -2.22. The van der Waals surface area contributed by atoms with E-state index in [0.29, 0.717) is 5.16 Å². The monoisotopic (exact) mass is 370 g/mol. The maximum Gasteiger partial charge on any atom is 0.237 e. The number of hydrogen-bond acceptors (Lipinski definition) is 5. The van der Waals surface area contributed by atoms with Gasteiger partial charge in [0.1, 0.15) is 0 Å². The lowest BCUT2D eigenvalue weighted by Gasteiger charge is -2.11. The van der Waals surface area contributed by atoms with Crippen LogP contribution in [0.5, 0.6) is 0 Å². The number of amides is 1. The molecule has 0 unspecified atom stereocenters. The first kappa shape index (κ1) is 16.4. The Bertz CT molecular complexity index is 888. The van der Waals surface area contributed by atoms with Crippen molar-refractivity contribution in [3.05, 3.63) is 46.8 Å². The highest BCUT2D eigenvalue weighted by molar-refractivity contribution is 8.00. The third-order valence-corrected chi connectivity index (χ3v) is 6.07. The number of hydrogen-bond donors (Lipinski definition) is 2. The molecule has 0 radical (unpaired) electrons. The molecule has 128 valence electrons. The van der Waals surface area contributed by atoms with E-state index >= 15 is 0 Å². The Balaban J connectivity index is 1.39. The lowest BCUT2D eigenvalue weighted by atomic mass is 10.1. The van der Waals surface area contributed by atoms with Crippen LogP contribution in [0.25, 0.3) is 10.7 Å². The Morgan fingerprint density at radius 1 is 1.32 bits per heavy atom. The van der Waals surface area contributed by atoms with Gasteiger partial charge in [0.05, 0.1) is 10.1 Å². The number of aromatic amines is 1. The van der Waals surface area contributed by atoms with E-state index in [4.69, 9.17) is 0 Å². The third-order valence-electron chi connectivity index (χ3n) is 4.24. The van der Waals surface area contributed by atoms with Crippen molar-refractivity contribution in [2.24, 2.45) is 0 Å². The summed E-state index contributed by atoms with van der Waals surface area (Å²) in [6.45, 7) is 1.87. The van der Waals surface area contributed by atoms with Crippen LogP contribution >= 0.6 is 23.1 Å². The molecule has 0 fully saturated rings. The number of nitrogens with one attached hydrogen (secondary N) is 2. The minimum absolute atomic E-state index is 0.0366. The highest BCUT2D eigenvalue weighted by Gasteiger charge is 2.19. The quantitative estimate of drug-likeness (QED) is 0.662. The molecule has 4 rings (SSSR count). The molecule has 3 aromatic rings. The fourth-order valence-electron chi connectivity index (χ4n) is 2.93. The second kappa shape index (κ2) is 7.01. The Hall–Kier alpha value is -2.12. The van der Waals surface area contributed by atoms with Gasteiger partial charge in [-0.3, -0.25) is 9.89 Å². The summed E-state index contributed by atoms with van der Waals surface area (Å²) >= 11 is 2.96. The molecule has 0 saturated carbocycles. The molecule has 7 heteroatoms. The fourth-order valence-corrected chi connectivity index (χ4v) is 4.32. The van der Waals surface area contributed by atoms with Crippen LogP contribution in [-0.4, -0.2) is 26.3 Å². The van der Waals surface area contributed by atoms with Crippen molar-refractivity contribution in [3.63, 3.8) is 0 Å². The Morgan fingerprint density at radius 3 is 3.04 bits per heavy atom. The van der Waals surface area contributed by atoms with Crippen LogP contribution in [-0.2, 0) is 17.6 Å². The molecule has 1 amide bonds. The van der Waals surface area contributed by atoms with Crippen LogP contribution in [0, 0.1) is 0 Å². The fraction of sp³-hybridized carbons (Fsp3) is 0.278. The van der Waals surface area contributed by atoms with Crippen molar-refractivity contribution in [1.29, 1.82) is 0 Å². The number of thioether (sulfide) groups is 1. The molecule has 0 aliphatic heterocycles. The average molecular weight is 371 g/mol. The molecule has 0 spiro atoms. The first-order valence-electron chi connectivity index (χ1n) is 8.24. The molecule has 0 saturated heterocycles. The molecule has 2 N–H and O–H groups in total. The maximum absolute atomic E-state index is 12.5. The van der Waals surface area contributed by atoms with Gasteiger partial charge in [-0.15, -0.1) is 16.4 Å². The van der Waals surface area contributed by atoms with Gasteiger partial charge < -0.3 is 5.32 Å². The Kier molecular flexibility index (Phi) is 4.59. The predicted octanol–water partition coefficient (Wildman–Crippen LogP) is 4.14. The van der Waals surface area contributed by atoms with E-state index < -0.39 is 0 Å². The Morgan fingerprint density at radius 2 is 2.20 bits per heavy atom. The second-order valence-corrected chi connectivity index (χ2v) is 8.29. The highest BCUT2D eigenvalue weighted by atomic mass is 32.2. The van der Waals surface area contributed by atoms with E-state index in [-0.39, 0.29) is 11.2 Å². The van der Waals surface area contributed by atoms with Gasteiger partial charge in [0.15, 0.2) is 5.82 Å². The van der Waals surface area contributed by atoms with Crippen LogP contribution in [0.2, 0.25) is 0 Å². The van der Waals surface area contributed by atoms with Crippen molar-refractivity contribution in [1.82, 2.24) is 15.2 Å². The van der Waals surface area contributed by atoms with E-state index in [1.165, 1.54) is 29.3 Å². The number of anilines is 1. The molecule has 5 nitrogen and oxygen atoms in total. The lowest BCUT2D eigenvalue weighted by molar-refractivity contribution is -0.115. The summed E-state index contributed by atoms with van der Waals surface area (Å²) in [6.07, 6.45) is 3.45. The minimum Gasteiger partial charge on any atom is -0.325 e. The van der Waals surface area contributed by atoms with Gasteiger partial charge >= 0.3 is 0 Å². The van der Waals surface area contributed by atoms with E-state index in [1.807, 2.05) is 30.5 Å². The summed E-state index contributed by atoms with van der Waals surface area (Å²) in [7, 11) is 0. The number of benzene rings is 1. The van der Waals surface area contributed by atoms with Gasteiger partial charge in [-0.25, -0.2) is 4.98 Å². The molecular formula is C18H18N4OS2. The topological polar surface area (TPSA) is 70.7 Å². The van der Waals surface area contributed by atoms with Crippen molar-refractivity contribution in [3.8, 4) is 10.7 Å². The van der Waals surface area contributed by atoms with Gasteiger partial charge in [0, 0.05) is 5.69 Å². The molecule has 0 bridgehead atoms. The van der Waals surface area contributed by atoms with E-state index in [1.54, 1.807) is 11.3 Å². The average Bonchev–Trinajstić information content (AvgIpc) is 3.35. The van der Waals surface area contributed by atoms with Gasteiger partial charge in [-0.2, -0.15) is 0 Å². The summed E-state index contributed by atoms with van der Waals surface area (Å²) in [4.78, 5) is 17.9. The standard InChI is InChI=1S/C18H18N4OS2/c1-11(25-18-20-16(21-22-18)15-6-3-9-24-15)17(23)19-14-8-7-12-4-2-5-13(12)10-14/h3,6-11H,2,4-5H2,1H3,(H,19,23)(H,20,21,22)/t11-/m1/s1. The number of fused-ring (bicyclic) bond motifs is 1. The van der Waals surface area contributed by atoms with Crippen molar-refractivity contribution in [2.45, 2.75) is 36.6 Å². The van der Waals surface area contributed by atoms with Crippen LogP contribution in [0.15, 0.2) is 40.9 Å². The number of carbonyl (C=O) groups is 1. The zero-order valence-electron chi connectivity index (χ0n) is 13.8. The zero-order valence-corrected chi connectivity index (χ0v) is 15.4. The smallest absolute Gasteiger partial charge is 0.237 e. The number of H-pyrrole nitrogens is 1. The summed E-state index contributed by atoms with van der Waals surface area (Å²) in [5, 5.41) is 12.4. The van der Waals surface area contributed by atoms with Crippen LogP contribution in [0.1, 0.15) is 24.5 Å². The summed E-state index contributed by atoms with van der Waals surface area (Å²) in [5.41, 5.74) is 3.63. The number of carbonyl (C=O) groups excluding carboxylic acids is 1. The zero-order chi connectivity index (χ0) is 17.2. The number of nitrogens with zero attached hydrogens (tertiary/aromatic N) is 2. The van der Waals surface area contributed by atoms with Gasteiger partial charge in [0.2, 0.25) is 11.1 Å². The van der Waals surface area contributed by atoms with Gasteiger partial charge in [-0.1, -0.05) is 23.9 Å². The Labute approximate surface area is 154 Å². The number of rotatable bonds is 5. The highest BCUT2D eigenvalue weighted by Crippen LogP contribution is 2.27. The predicted molar refractivity (Wildman–Crippen MR) is 102 cm³/mol. The van der Waals surface area contributed by atoms with E-state index in [9.17, 15) is 4.79 Å². The first-order valence-corrected chi connectivity index (χ1v) is 10.0. The SMILES string of the molecule is C[C@@H](Sc1n[nH]c(-c2cccs2)n1)C(=O)Nc1ccc2c(c1)CCC2. The summed E-state index contributed by atoms with van der Waals surface area (Å²) < 4.78 is 0. The van der Waals surface area contributed by atoms with E-state index in [0.717, 1.165) is 29.2 Å². The summed E-state index contributed by atoms with van der Waals surface area (Å²) in [5.74, 6) is 0.703. The van der Waals surface area contributed by atoms with Crippen LogP contribution < -0.4 is 5.32 Å². The molecule has 2 aromatic heterocycles. The number of aryl methyl sites for hydroxylation is 2. The third kappa shape index (κ3) is 3.62. The number of aromatic nitrogens is 3. The molecule has 1 aliphatic rings. The molecular weight excluding hydrogens is 352 g/mol. The van der Waals surface area contributed by atoms with Crippen LogP contribution in [0.3, 0.4) is 0 Å². The van der Waals surface area contributed by atoms with Gasteiger partial charge in [-0.05, 0) is 60.9 Å². The normalized spacial score (nSPS) is 14.3. The van der Waals surface area contributed by atoms with Gasteiger partial charge in [0.25, 0.3) is 0 Å². The van der Waals surface area contributed by atoms with Crippen molar-refractivity contribution < 1.29 is 4.79 Å². The molecule has 25 heavy (non-hydrogen) atoms. The second-order valence-electron chi connectivity index (χ2n) is 6.03. The largest absolute Gasteiger partial charge is 0.325 e. The first-order chi connectivity index (χ1) is 12.2. The molecule has 1 aliphatic carbocycles. The molecule has 1 atom stereocenters. The summed E-state index contributed by atoms with van der Waals surface area (Å²) in [6, 6.07) is 10.2. The van der Waals surface area contributed by atoms with Crippen LogP contribution in [0.4, 0.5) is 5.69 Å².